The van der Waals surface area contributed by atoms with Crippen LogP contribution in [0.15, 0.2) is 36.5 Å². The largest absolute Gasteiger partial charge is 0.394 e. The minimum atomic E-state index is -1.79. The highest BCUT2D eigenvalue weighted by molar-refractivity contribution is 5.76. The second kappa shape index (κ2) is 38.1. The maximum absolute atomic E-state index is 13.1. The van der Waals surface area contributed by atoms with E-state index in [0.29, 0.717) is 12.8 Å². The van der Waals surface area contributed by atoms with E-state index >= 15 is 0 Å². The Bertz CT molecular complexity index is 1230. The topological polar surface area (TPSA) is 228 Å². The van der Waals surface area contributed by atoms with Crippen LogP contribution in [-0.4, -0.2) is 140 Å². The summed E-state index contributed by atoms with van der Waals surface area (Å²) in [4.78, 5) is 13.1. The molecular weight excluding hydrogens is 835 g/mol. The van der Waals surface area contributed by atoms with Crippen LogP contribution < -0.4 is 5.32 Å². The summed E-state index contributed by atoms with van der Waals surface area (Å²) in [6.07, 6.45) is 26.3. The number of rotatable bonds is 39. The summed E-state index contributed by atoms with van der Waals surface area (Å²) in [6.45, 7) is 2.72. The molecule has 0 bridgehead atoms. The van der Waals surface area contributed by atoms with Gasteiger partial charge in [-0.2, -0.15) is 0 Å². The molecule has 12 atom stereocenters. The SMILES string of the molecule is CCCCCC/C=C/CC/C=C/C(O)C(COC1OC(CO)C(OC2OC(CO)C(O)C(O)C2O)C(O)C1O)NC(=O)CCCCCCCCCCC/C=C\CCCCCCCCCC. The molecular formula is C51H93NO13. The lowest BCUT2D eigenvalue weighted by atomic mass is 9.97. The van der Waals surface area contributed by atoms with Gasteiger partial charge < -0.3 is 65.1 Å². The minimum Gasteiger partial charge on any atom is -0.394 e. The first-order valence-electron chi connectivity index (χ1n) is 25.7. The van der Waals surface area contributed by atoms with Gasteiger partial charge in [0.15, 0.2) is 12.6 Å². The first-order chi connectivity index (χ1) is 31.6. The van der Waals surface area contributed by atoms with Crippen molar-refractivity contribution in [2.24, 2.45) is 0 Å². The Balaban J connectivity index is 1.79. The van der Waals surface area contributed by atoms with Gasteiger partial charge >= 0.3 is 0 Å². The van der Waals surface area contributed by atoms with Gasteiger partial charge in [-0.05, 0) is 57.8 Å². The summed E-state index contributed by atoms with van der Waals surface area (Å²) < 4.78 is 22.6. The number of nitrogens with one attached hydrogen (secondary N) is 1. The third-order valence-electron chi connectivity index (χ3n) is 12.5. The highest BCUT2D eigenvalue weighted by Crippen LogP contribution is 2.30. The molecule has 380 valence electrons. The molecule has 0 aromatic rings. The predicted octanol–water partition coefficient (Wildman–Crippen LogP) is 6.71. The monoisotopic (exact) mass is 928 g/mol. The van der Waals surface area contributed by atoms with Crippen molar-refractivity contribution in [2.75, 3.05) is 19.8 Å². The van der Waals surface area contributed by atoms with E-state index in [9.17, 15) is 45.6 Å². The van der Waals surface area contributed by atoms with E-state index in [1.54, 1.807) is 6.08 Å². The number of hydrogen-bond donors (Lipinski definition) is 9. The Labute approximate surface area is 391 Å². The van der Waals surface area contributed by atoms with E-state index in [1.165, 1.54) is 122 Å². The smallest absolute Gasteiger partial charge is 0.220 e. The van der Waals surface area contributed by atoms with Crippen LogP contribution in [0.25, 0.3) is 0 Å². The van der Waals surface area contributed by atoms with Gasteiger partial charge in [0.2, 0.25) is 5.91 Å². The molecule has 2 aliphatic heterocycles. The van der Waals surface area contributed by atoms with Gasteiger partial charge in [0.1, 0.15) is 48.8 Å². The molecule has 0 aromatic heterocycles. The van der Waals surface area contributed by atoms with Crippen LogP contribution in [-0.2, 0) is 23.7 Å². The normalized spacial score (nSPS) is 27.3. The zero-order valence-electron chi connectivity index (χ0n) is 40.2. The lowest BCUT2D eigenvalue weighted by molar-refractivity contribution is -0.359. The molecule has 2 aliphatic rings. The molecule has 2 saturated heterocycles. The number of carbonyl (C=O) groups excluding carboxylic acids is 1. The maximum Gasteiger partial charge on any atom is 0.220 e. The van der Waals surface area contributed by atoms with E-state index in [4.69, 9.17) is 18.9 Å². The zero-order chi connectivity index (χ0) is 47.5. The Morgan fingerprint density at radius 3 is 1.52 bits per heavy atom. The Morgan fingerprint density at radius 2 is 0.985 bits per heavy atom. The van der Waals surface area contributed by atoms with Crippen LogP contribution in [0.1, 0.15) is 187 Å². The summed E-state index contributed by atoms with van der Waals surface area (Å²) in [5.74, 6) is -0.254. The molecule has 0 spiro atoms. The van der Waals surface area contributed by atoms with Crippen molar-refractivity contribution >= 4 is 5.91 Å². The molecule has 14 nitrogen and oxygen atoms in total. The Hall–Kier alpha value is -1.79. The van der Waals surface area contributed by atoms with Crippen molar-refractivity contribution in [1.82, 2.24) is 5.32 Å². The highest BCUT2D eigenvalue weighted by atomic mass is 16.7. The van der Waals surface area contributed by atoms with E-state index in [-0.39, 0.29) is 18.9 Å². The minimum absolute atomic E-state index is 0.254. The van der Waals surface area contributed by atoms with Crippen molar-refractivity contribution in [1.29, 1.82) is 0 Å². The third kappa shape index (κ3) is 25.4. The fourth-order valence-corrected chi connectivity index (χ4v) is 8.30. The van der Waals surface area contributed by atoms with Crippen molar-refractivity contribution < 1.29 is 64.6 Å². The number of hydrogen-bond acceptors (Lipinski definition) is 13. The zero-order valence-corrected chi connectivity index (χ0v) is 40.2. The molecule has 1 amide bonds. The quantitative estimate of drug-likeness (QED) is 0.0231. The Morgan fingerprint density at radius 1 is 0.538 bits per heavy atom. The first kappa shape index (κ1) is 59.3. The molecule has 0 radical (unpaired) electrons. The van der Waals surface area contributed by atoms with Crippen LogP contribution in [0.5, 0.6) is 0 Å². The molecule has 14 heteroatoms. The Kier molecular flexibility index (Phi) is 34.8. The van der Waals surface area contributed by atoms with E-state index in [2.05, 4.69) is 43.5 Å². The number of allylic oxidation sites excluding steroid dienone is 5. The molecule has 2 heterocycles. The maximum atomic E-state index is 13.1. The van der Waals surface area contributed by atoms with Crippen molar-refractivity contribution in [3.63, 3.8) is 0 Å². The van der Waals surface area contributed by atoms with Gasteiger partial charge in [0.25, 0.3) is 0 Å². The second-order valence-electron chi connectivity index (χ2n) is 18.3. The number of unbranched alkanes of at least 4 members (excludes halogenated alkanes) is 22. The van der Waals surface area contributed by atoms with Gasteiger partial charge in [-0.3, -0.25) is 4.79 Å². The van der Waals surface area contributed by atoms with Crippen molar-refractivity contribution in [2.45, 2.75) is 261 Å². The lowest BCUT2D eigenvalue weighted by Gasteiger charge is -2.46. The van der Waals surface area contributed by atoms with Gasteiger partial charge in [-0.15, -0.1) is 0 Å². The van der Waals surface area contributed by atoms with E-state index in [0.717, 1.165) is 32.1 Å². The number of amides is 1. The third-order valence-corrected chi connectivity index (χ3v) is 12.5. The summed E-state index contributed by atoms with van der Waals surface area (Å²) in [5, 5.41) is 86.5. The average Bonchev–Trinajstić information content (AvgIpc) is 3.30. The number of ether oxygens (including phenoxy) is 4. The van der Waals surface area contributed by atoms with Crippen LogP contribution >= 0.6 is 0 Å². The second-order valence-corrected chi connectivity index (χ2v) is 18.3. The van der Waals surface area contributed by atoms with Gasteiger partial charge in [0.05, 0.1) is 32.0 Å². The molecule has 0 aromatic carbocycles. The average molecular weight is 928 g/mol. The van der Waals surface area contributed by atoms with Gasteiger partial charge in [-0.1, -0.05) is 159 Å². The lowest BCUT2D eigenvalue weighted by Crippen LogP contribution is -2.65. The van der Waals surface area contributed by atoms with Crippen molar-refractivity contribution in [3.05, 3.63) is 36.5 Å². The van der Waals surface area contributed by atoms with Crippen molar-refractivity contribution in [3.8, 4) is 0 Å². The molecule has 2 fully saturated rings. The van der Waals surface area contributed by atoms with Crippen LogP contribution in [0.3, 0.4) is 0 Å². The number of carbonyl (C=O) groups is 1. The highest BCUT2D eigenvalue weighted by Gasteiger charge is 2.51. The van der Waals surface area contributed by atoms with Gasteiger partial charge in [-0.25, -0.2) is 0 Å². The predicted molar refractivity (Wildman–Crippen MR) is 254 cm³/mol. The van der Waals surface area contributed by atoms with E-state index in [1.807, 2.05) is 6.08 Å². The number of aliphatic hydroxyl groups is 8. The molecule has 0 saturated carbocycles. The fraction of sp³-hybridized carbons (Fsp3) is 0.863. The molecule has 0 aliphatic carbocycles. The number of aliphatic hydroxyl groups excluding tert-OH is 8. The van der Waals surface area contributed by atoms with Crippen LogP contribution in [0.2, 0.25) is 0 Å². The molecule has 9 N–H and O–H groups in total. The van der Waals surface area contributed by atoms with Crippen LogP contribution in [0, 0.1) is 0 Å². The summed E-state index contributed by atoms with van der Waals surface area (Å²) >= 11 is 0. The van der Waals surface area contributed by atoms with Gasteiger partial charge in [0, 0.05) is 6.42 Å². The summed E-state index contributed by atoms with van der Waals surface area (Å²) in [7, 11) is 0. The van der Waals surface area contributed by atoms with Crippen LogP contribution in [0.4, 0.5) is 0 Å². The molecule has 12 unspecified atom stereocenters. The molecule has 2 rings (SSSR count). The fourth-order valence-electron chi connectivity index (χ4n) is 8.30. The summed E-state index contributed by atoms with van der Waals surface area (Å²) in [6, 6.07) is -0.929. The van der Waals surface area contributed by atoms with E-state index < -0.39 is 86.8 Å². The first-order valence-corrected chi connectivity index (χ1v) is 25.7. The molecule has 65 heavy (non-hydrogen) atoms. The summed E-state index contributed by atoms with van der Waals surface area (Å²) in [5.41, 5.74) is 0. The standard InChI is InChI=1S/C51H93NO13/c1-3-5-7-9-11-13-15-16-17-18-19-20-21-22-23-24-25-27-29-31-33-35-43(56)52-39(40(55)34-32-30-28-26-14-12-10-8-6-4-2)38-62-50-48(61)46(59)49(42(37-54)64-50)65-51-47(60)45(58)44(57)41(36-53)63-51/h14,18-19,26,32,34,39-42,44-51,53-55,57-61H,3-13,15-17,20-25,27-31,33,35-38H2,1-2H3,(H,52,56)/b19-18-,26-14+,34-32+.